The summed E-state index contributed by atoms with van der Waals surface area (Å²) in [5.41, 5.74) is 1.71. The summed E-state index contributed by atoms with van der Waals surface area (Å²) in [6.07, 6.45) is 0. The predicted molar refractivity (Wildman–Crippen MR) is 64.9 cm³/mol. The maximum absolute atomic E-state index is 3.78. The lowest BCUT2D eigenvalue weighted by atomic mass is 9.90. The molecule has 0 saturated heterocycles. The summed E-state index contributed by atoms with van der Waals surface area (Å²) in [5.74, 6) is 0. The molecule has 0 aliphatic heterocycles. The van der Waals surface area contributed by atoms with Gasteiger partial charge in [0.2, 0.25) is 0 Å². The minimum Gasteiger partial charge on any atom is -0.144 e. The Hall–Kier alpha value is 0.180. The molecule has 0 N–H and O–H groups in total. The molecule has 1 aromatic heterocycles. The van der Waals surface area contributed by atoms with Gasteiger partial charge in [0.25, 0.3) is 0 Å². The van der Waals surface area contributed by atoms with Crippen molar-refractivity contribution in [1.29, 1.82) is 0 Å². The van der Waals surface area contributed by atoms with Gasteiger partial charge in [0.05, 0.1) is 4.83 Å². The first kappa shape index (κ1) is 11.3. The molecule has 0 amide bonds. The molecule has 0 nitrogen and oxygen atoms in total. The molecule has 0 aliphatic carbocycles. The molecule has 0 fully saturated rings. The Morgan fingerprint density at radius 1 is 1.31 bits per heavy atom. The van der Waals surface area contributed by atoms with Gasteiger partial charge in [-0.15, -0.1) is 11.3 Å². The van der Waals surface area contributed by atoms with Crippen LogP contribution in [0.3, 0.4) is 0 Å². The van der Waals surface area contributed by atoms with Crippen LogP contribution < -0.4 is 0 Å². The van der Waals surface area contributed by atoms with Crippen molar-refractivity contribution in [3.63, 3.8) is 0 Å². The Labute approximate surface area is 93.5 Å². The molecule has 2 heteroatoms. The Morgan fingerprint density at radius 2 is 1.85 bits per heavy atom. The summed E-state index contributed by atoms with van der Waals surface area (Å²) in [6.45, 7) is 11.2. The van der Waals surface area contributed by atoms with Crippen molar-refractivity contribution in [1.82, 2.24) is 0 Å². The summed E-state index contributed by atoms with van der Waals surface area (Å²) < 4.78 is 0. The predicted octanol–water partition coefficient (Wildman–Crippen LogP) is 4.85. The average molecular weight is 261 g/mol. The molecule has 1 aromatic rings. The zero-order chi connectivity index (χ0) is 10.2. The molecule has 1 heterocycles. The van der Waals surface area contributed by atoms with Crippen molar-refractivity contribution in [2.75, 3.05) is 0 Å². The van der Waals surface area contributed by atoms with Crippen molar-refractivity contribution < 1.29 is 0 Å². The number of alkyl halides is 1. The molecular weight excluding hydrogens is 244 g/mol. The van der Waals surface area contributed by atoms with Crippen molar-refractivity contribution in [2.24, 2.45) is 5.41 Å². The minimum atomic E-state index is 0.294. The molecule has 0 aromatic carbocycles. The first-order chi connectivity index (χ1) is 5.82. The number of hydrogen-bond donors (Lipinski definition) is 0. The monoisotopic (exact) mass is 260 g/mol. The van der Waals surface area contributed by atoms with E-state index < -0.39 is 0 Å². The zero-order valence-electron chi connectivity index (χ0n) is 8.94. The SMILES string of the molecule is Cc1cc(C)c(C(Br)C(C)(C)C)s1. The molecular formula is C11H17BrS. The van der Waals surface area contributed by atoms with E-state index in [9.17, 15) is 0 Å². The summed E-state index contributed by atoms with van der Waals surface area (Å²) in [4.78, 5) is 3.35. The van der Waals surface area contributed by atoms with Crippen LogP contribution in [-0.2, 0) is 0 Å². The van der Waals surface area contributed by atoms with E-state index in [4.69, 9.17) is 0 Å². The minimum absolute atomic E-state index is 0.294. The first-order valence-corrected chi connectivity index (χ1v) is 6.26. The van der Waals surface area contributed by atoms with Gasteiger partial charge in [0.15, 0.2) is 0 Å². The number of thiophene rings is 1. The van der Waals surface area contributed by atoms with Crippen molar-refractivity contribution in [2.45, 2.75) is 39.4 Å². The second kappa shape index (κ2) is 3.74. The Bertz CT molecular complexity index is 294. The molecule has 0 saturated carbocycles. The molecule has 0 bridgehead atoms. The summed E-state index contributed by atoms with van der Waals surface area (Å²) in [7, 11) is 0. The number of hydrogen-bond acceptors (Lipinski definition) is 1. The zero-order valence-corrected chi connectivity index (χ0v) is 11.3. The summed E-state index contributed by atoms with van der Waals surface area (Å²) in [6, 6.07) is 2.26. The average Bonchev–Trinajstić information content (AvgIpc) is 2.26. The lowest BCUT2D eigenvalue weighted by Gasteiger charge is -2.25. The van der Waals surface area contributed by atoms with Gasteiger partial charge in [-0.2, -0.15) is 0 Å². The van der Waals surface area contributed by atoms with E-state index in [2.05, 4.69) is 56.6 Å². The van der Waals surface area contributed by atoms with Crippen LogP contribution in [0.4, 0.5) is 0 Å². The smallest absolute Gasteiger partial charge is 0.0540 e. The molecule has 1 unspecified atom stereocenters. The van der Waals surface area contributed by atoms with Gasteiger partial charge >= 0.3 is 0 Å². The van der Waals surface area contributed by atoms with Crippen LogP contribution in [0.2, 0.25) is 0 Å². The molecule has 1 rings (SSSR count). The van der Waals surface area contributed by atoms with Crippen molar-refractivity contribution in [3.8, 4) is 0 Å². The number of halogens is 1. The highest BCUT2D eigenvalue weighted by atomic mass is 79.9. The van der Waals surface area contributed by atoms with Gasteiger partial charge in [-0.05, 0) is 30.9 Å². The topological polar surface area (TPSA) is 0 Å². The van der Waals surface area contributed by atoms with E-state index in [0.717, 1.165) is 0 Å². The highest BCUT2D eigenvalue weighted by Crippen LogP contribution is 2.44. The van der Waals surface area contributed by atoms with Crippen molar-refractivity contribution in [3.05, 3.63) is 21.4 Å². The standard InChI is InChI=1S/C11H17BrS/c1-7-6-8(2)13-9(7)10(12)11(3,4)5/h6,10H,1-5H3. The van der Waals surface area contributed by atoms with Gasteiger partial charge in [-0.1, -0.05) is 36.7 Å². The Kier molecular flexibility index (Phi) is 3.24. The van der Waals surface area contributed by atoms with Gasteiger partial charge in [-0.25, -0.2) is 0 Å². The van der Waals surface area contributed by atoms with Gasteiger partial charge < -0.3 is 0 Å². The van der Waals surface area contributed by atoms with Gasteiger partial charge in [-0.3, -0.25) is 0 Å². The lowest BCUT2D eigenvalue weighted by Crippen LogP contribution is -2.12. The van der Waals surface area contributed by atoms with Crippen LogP contribution in [-0.4, -0.2) is 0 Å². The second-order valence-corrected chi connectivity index (χ2v) is 6.84. The van der Waals surface area contributed by atoms with Crippen LogP contribution in [0, 0.1) is 19.3 Å². The lowest BCUT2D eigenvalue weighted by molar-refractivity contribution is 0.410. The van der Waals surface area contributed by atoms with Crippen LogP contribution in [0.15, 0.2) is 6.07 Å². The molecule has 1 atom stereocenters. The van der Waals surface area contributed by atoms with Gasteiger partial charge in [0, 0.05) is 9.75 Å². The van der Waals surface area contributed by atoms with Crippen molar-refractivity contribution >= 4 is 27.3 Å². The van der Waals surface area contributed by atoms with Crippen LogP contribution in [0.25, 0.3) is 0 Å². The van der Waals surface area contributed by atoms with E-state index in [1.807, 2.05) is 11.3 Å². The summed E-state index contributed by atoms with van der Waals surface area (Å²) in [5, 5.41) is 0. The van der Waals surface area contributed by atoms with E-state index in [1.165, 1.54) is 15.3 Å². The molecule has 0 radical (unpaired) electrons. The fourth-order valence-electron chi connectivity index (χ4n) is 1.30. The first-order valence-electron chi connectivity index (χ1n) is 4.53. The fourth-order valence-corrected chi connectivity index (χ4v) is 3.21. The number of rotatable bonds is 1. The Morgan fingerprint density at radius 3 is 2.15 bits per heavy atom. The third-order valence-electron chi connectivity index (χ3n) is 2.07. The third kappa shape index (κ3) is 2.57. The maximum Gasteiger partial charge on any atom is 0.0540 e. The largest absolute Gasteiger partial charge is 0.144 e. The molecule has 0 aliphatic rings. The van der Waals surface area contributed by atoms with Crippen LogP contribution in [0.1, 0.15) is 40.9 Å². The van der Waals surface area contributed by atoms with E-state index in [1.54, 1.807) is 0 Å². The fraction of sp³-hybridized carbons (Fsp3) is 0.636. The van der Waals surface area contributed by atoms with Crippen LogP contribution in [0.5, 0.6) is 0 Å². The summed E-state index contributed by atoms with van der Waals surface area (Å²) >= 11 is 5.68. The normalized spacial score (nSPS) is 14.6. The molecule has 13 heavy (non-hydrogen) atoms. The Balaban J connectivity index is 3.01. The highest BCUT2D eigenvalue weighted by molar-refractivity contribution is 9.09. The highest BCUT2D eigenvalue weighted by Gasteiger charge is 2.25. The van der Waals surface area contributed by atoms with E-state index in [0.29, 0.717) is 10.2 Å². The quantitative estimate of drug-likeness (QED) is 0.634. The maximum atomic E-state index is 3.78. The molecule has 0 spiro atoms. The van der Waals surface area contributed by atoms with Gasteiger partial charge in [0.1, 0.15) is 0 Å². The van der Waals surface area contributed by atoms with E-state index >= 15 is 0 Å². The second-order valence-electron chi connectivity index (χ2n) is 4.63. The number of aryl methyl sites for hydroxylation is 2. The third-order valence-corrected chi connectivity index (χ3v) is 5.42. The van der Waals surface area contributed by atoms with E-state index in [-0.39, 0.29) is 0 Å². The van der Waals surface area contributed by atoms with Crippen LogP contribution >= 0.6 is 27.3 Å². The molecule has 74 valence electrons.